The number of aromatic nitrogens is 3. The van der Waals surface area contributed by atoms with E-state index in [9.17, 15) is 8.60 Å². The van der Waals surface area contributed by atoms with Gasteiger partial charge in [0.2, 0.25) is 0 Å². The van der Waals surface area contributed by atoms with Gasteiger partial charge in [-0.1, -0.05) is 5.57 Å². The van der Waals surface area contributed by atoms with Gasteiger partial charge in [-0.3, -0.25) is 0 Å². The van der Waals surface area contributed by atoms with Gasteiger partial charge < -0.3 is 9.64 Å². The van der Waals surface area contributed by atoms with Crippen LogP contribution in [0.4, 0.5) is 10.2 Å². The number of pyridine rings is 1. The Hall–Kier alpha value is -2.88. The van der Waals surface area contributed by atoms with E-state index >= 15 is 0 Å². The molecule has 2 saturated heterocycles. The molecule has 0 bridgehead atoms. The van der Waals surface area contributed by atoms with Gasteiger partial charge in [-0.25, -0.2) is 22.6 Å². The summed E-state index contributed by atoms with van der Waals surface area (Å²) in [7, 11) is -1.29. The smallest absolute Gasteiger partial charge is 0.129 e. The van der Waals surface area contributed by atoms with Gasteiger partial charge in [0.25, 0.3) is 0 Å². The van der Waals surface area contributed by atoms with Crippen LogP contribution in [0.1, 0.15) is 43.4 Å². The fourth-order valence-electron chi connectivity index (χ4n) is 6.22. The summed E-state index contributed by atoms with van der Waals surface area (Å²) in [5, 5.41) is 4.67. The van der Waals surface area contributed by atoms with Crippen LogP contribution in [0.25, 0.3) is 11.8 Å². The maximum Gasteiger partial charge on any atom is 0.129 e. The van der Waals surface area contributed by atoms with Crippen molar-refractivity contribution in [2.75, 3.05) is 44.3 Å². The Labute approximate surface area is 231 Å². The van der Waals surface area contributed by atoms with Crippen molar-refractivity contribution in [1.29, 1.82) is 0 Å². The largest absolute Gasteiger partial charge is 0.380 e. The van der Waals surface area contributed by atoms with E-state index in [2.05, 4.69) is 25.4 Å². The Balaban J connectivity index is 1.15. The second kappa shape index (κ2) is 10.3. The Kier molecular flexibility index (Phi) is 6.61. The number of benzene rings is 1. The summed E-state index contributed by atoms with van der Waals surface area (Å²) in [5.74, 6) is 1.40. The van der Waals surface area contributed by atoms with Crippen molar-refractivity contribution < 1.29 is 13.3 Å². The van der Waals surface area contributed by atoms with Crippen molar-refractivity contribution in [3.63, 3.8) is 0 Å². The highest BCUT2D eigenvalue weighted by Crippen LogP contribution is 2.45. The number of halogens is 1. The van der Waals surface area contributed by atoms with Crippen molar-refractivity contribution in [1.82, 2.24) is 19.1 Å². The number of hydrogen-bond donors (Lipinski definition) is 0. The molecule has 204 valence electrons. The van der Waals surface area contributed by atoms with Gasteiger partial charge in [0.15, 0.2) is 0 Å². The molecule has 1 aromatic carbocycles. The van der Waals surface area contributed by atoms with E-state index in [0.717, 1.165) is 60.2 Å². The van der Waals surface area contributed by atoms with Crippen molar-refractivity contribution in [3.05, 3.63) is 71.4 Å². The van der Waals surface area contributed by atoms with Crippen LogP contribution in [0.2, 0.25) is 0 Å². The van der Waals surface area contributed by atoms with E-state index < -0.39 is 11.0 Å². The Bertz CT molecular complexity index is 1400. The first kappa shape index (κ1) is 25.1. The predicted molar refractivity (Wildman–Crippen MR) is 149 cm³/mol. The molecule has 39 heavy (non-hydrogen) atoms. The lowest BCUT2D eigenvalue weighted by molar-refractivity contribution is 0.0366. The maximum absolute atomic E-state index is 13.8. The van der Waals surface area contributed by atoms with Gasteiger partial charge in [-0.15, -0.1) is 0 Å². The van der Waals surface area contributed by atoms with E-state index in [-0.39, 0.29) is 11.2 Å². The molecule has 7 rings (SSSR count). The highest BCUT2D eigenvalue weighted by molar-refractivity contribution is 7.82. The first-order valence-corrected chi connectivity index (χ1v) is 15.2. The molecule has 2 aliphatic carbocycles. The average molecular weight is 548 g/mol. The molecule has 2 aromatic heterocycles. The molecular weight excluding hydrogens is 513 g/mol. The van der Waals surface area contributed by atoms with Gasteiger partial charge in [0.1, 0.15) is 22.6 Å². The lowest BCUT2D eigenvalue weighted by Crippen LogP contribution is -2.50. The van der Waals surface area contributed by atoms with Gasteiger partial charge in [-0.2, -0.15) is 5.10 Å². The molecule has 0 amide bonds. The molecule has 2 aliphatic heterocycles. The summed E-state index contributed by atoms with van der Waals surface area (Å²) in [6.45, 7) is 4.85. The molecular formula is C30H34FN5O2S. The number of anilines is 1. The van der Waals surface area contributed by atoms with Crippen molar-refractivity contribution in [3.8, 4) is 5.69 Å². The minimum absolute atomic E-state index is 0.255. The van der Waals surface area contributed by atoms with E-state index in [1.807, 2.05) is 23.0 Å². The number of rotatable bonds is 8. The molecule has 3 aromatic rings. The first-order valence-electron chi connectivity index (χ1n) is 14.1. The van der Waals surface area contributed by atoms with Gasteiger partial charge in [0, 0.05) is 44.4 Å². The summed E-state index contributed by atoms with van der Waals surface area (Å²) < 4.78 is 37.6. The van der Waals surface area contributed by atoms with Crippen LogP contribution >= 0.6 is 0 Å². The minimum Gasteiger partial charge on any atom is -0.380 e. The molecule has 3 fully saturated rings. The summed E-state index contributed by atoms with van der Waals surface area (Å²) >= 11 is 0. The topological polar surface area (TPSA) is 63.5 Å². The molecule has 9 heteroatoms. The van der Waals surface area contributed by atoms with Gasteiger partial charge in [-0.05, 0) is 92.5 Å². The molecule has 1 saturated carbocycles. The Morgan fingerprint density at radius 1 is 1.05 bits per heavy atom. The Morgan fingerprint density at radius 3 is 2.62 bits per heavy atom. The molecule has 7 nitrogen and oxygen atoms in total. The second-order valence-corrected chi connectivity index (χ2v) is 12.9. The molecule has 0 spiro atoms. The maximum atomic E-state index is 13.8. The lowest BCUT2D eigenvalue weighted by atomic mass is 9.69. The summed E-state index contributed by atoms with van der Waals surface area (Å²) in [6.07, 6.45) is 12.5. The number of hydrogen-bond acceptors (Lipinski definition) is 5. The lowest BCUT2D eigenvalue weighted by Gasteiger charge is -2.45. The van der Waals surface area contributed by atoms with Crippen molar-refractivity contribution in [2.24, 2.45) is 11.3 Å². The van der Waals surface area contributed by atoms with Crippen LogP contribution in [0.3, 0.4) is 0 Å². The standard InChI is InChI=1S/C30H34FN5O2S/c31-25-5-7-26(8-6-25)36-28-15-24-11-14-35(39(37)27-9-10-29(32-18-27)34-12-1-2-13-34)20-30(24,16-23(28)17-33-36)21-38-19-22-3-4-22/h5-10,15,17-18,22H,1-4,11-14,16,19-21H2/t30-,39?/m1/s1. The van der Waals surface area contributed by atoms with Crippen LogP contribution in [0.5, 0.6) is 0 Å². The second-order valence-electron chi connectivity index (χ2n) is 11.4. The van der Waals surface area contributed by atoms with Crippen LogP contribution in [-0.4, -0.2) is 62.7 Å². The highest BCUT2D eigenvalue weighted by Gasteiger charge is 2.45. The van der Waals surface area contributed by atoms with Crippen LogP contribution in [0, 0.1) is 17.2 Å². The van der Waals surface area contributed by atoms with Gasteiger partial charge >= 0.3 is 0 Å². The van der Waals surface area contributed by atoms with E-state index in [1.165, 1.54) is 43.4 Å². The summed E-state index contributed by atoms with van der Waals surface area (Å²) in [5.41, 5.74) is 4.10. The quantitative estimate of drug-likeness (QED) is 0.406. The number of ether oxygens (including phenoxy) is 1. The summed E-state index contributed by atoms with van der Waals surface area (Å²) in [6, 6.07) is 10.4. The third-order valence-electron chi connectivity index (χ3n) is 8.60. The third-order valence-corrected chi connectivity index (χ3v) is 10.0. The van der Waals surface area contributed by atoms with Crippen LogP contribution < -0.4 is 4.90 Å². The van der Waals surface area contributed by atoms with Crippen molar-refractivity contribution in [2.45, 2.75) is 43.4 Å². The van der Waals surface area contributed by atoms with E-state index in [4.69, 9.17) is 4.74 Å². The summed E-state index contributed by atoms with van der Waals surface area (Å²) in [4.78, 5) is 7.70. The highest BCUT2D eigenvalue weighted by atomic mass is 32.2. The third kappa shape index (κ3) is 4.96. The van der Waals surface area contributed by atoms with E-state index in [0.29, 0.717) is 25.6 Å². The molecule has 4 aliphatic rings. The first-order chi connectivity index (χ1) is 19.1. The minimum atomic E-state index is -1.29. The molecule has 2 atom stereocenters. The molecule has 0 N–H and O–H groups in total. The number of nitrogens with zero attached hydrogens (tertiary/aromatic N) is 5. The molecule has 4 heterocycles. The fourth-order valence-corrected chi connectivity index (χ4v) is 7.46. The van der Waals surface area contributed by atoms with Crippen LogP contribution in [-0.2, 0) is 22.1 Å². The van der Waals surface area contributed by atoms with Crippen molar-refractivity contribution >= 4 is 22.9 Å². The van der Waals surface area contributed by atoms with Gasteiger partial charge in [0.05, 0.1) is 29.1 Å². The zero-order chi connectivity index (χ0) is 26.4. The molecule has 1 unspecified atom stereocenters. The zero-order valence-electron chi connectivity index (χ0n) is 22.1. The fraction of sp³-hybridized carbons (Fsp3) is 0.467. The normalized spacial score (nSPS) is 23.8. The number of fused-ring (bicyclic) bond motifs is 2. The monoisotopic (exact) mass is 547 g/mol. The average Bonchev–Trinajstić information content (AvgIpc) is 3.45. The number of piperidine rings is 1. The Morgan fingerprint density at radius 2 is 1.87 bits per heavy atom. The van der Waals surface area contributed by atoms with Crippen LogP contribution in [0.15, 0.2) is 59.3 Å². The van der Waals surface area contributed by atoms with E-state index in [1.54, 1.807) is 18.3 Å². The molecule has 0 radical (unpaired) electrons. The zero-order valence-corrected chi connectivity index (χ0v) is 22.9. The predicted octanol–water partition coefficient (Wildman–Crippen LogP) is 4.79. The SMILES string of the molecule is O=S(c1ccc(N2CCCC2)nc1)N1CCC2=Cc3c(cnn3-c3ccc(F)cc3)C[C@]2(COCC2CC2)C1.